The fraction of sp³-hybridized carbons (Fsp3) is 0.920. The first-order valence-corrected chi connectivity index (χ1v) is 11.6. The van der Waals surface area contributed by atoms with Gasteiger partial charge < -0.3 is 0 Å². The Labute approximate surface area is 157 Å². The second-order valence-corrected chi connectivity index (χ2v) is 11.0. The van der Waals surface area contributed by atoms with Crippen molar-refractivity contribution in [2.24, 2.45) is 46.3 Å². The second-order valence-electron chi connectivity index (χ2n) is 11.0. The number of hydrogen-bond acceptors (Lipinski definition) is 0. The molecular weight excluding hydrogens is 300 g/mol. The third-order valence-electron chi connectivity index (χ3n) is 10.2. The molecule has 0 aromatic carbocycles. The normalized spacial score (nSPS) is 52.2. The number of hydrogen-bond donors (Lipinski definition) is 0. The molecule has 0 nitrogen and oxygen atoms in total. The lowest BCUT2D eigenvalue weighted by atomic mass is 9.48. The van der Waals surface area contributed by atoms with Crippen LogP contribution in [0.3, 0.4) is 0 Å². The van der Waals surface area contributed by atoms with Gasteiger partial charge in [0, 0.05) is 0 Å². The Morgan fingerprint density at radius 2 is 1.64 bits per heavy atom. The summed E-state index contributed by atoms with van der Waals surface area (Å²) >= 11 is 0. The zero-order chi connectivity index (χ0) is 17.8. The van der Waals surface area contributed by atoms with Gasteiger partial charge in [0.1, 0.15) is 0 Å². The maximum Gasteiger partial charge on any atom is -0.0149 e. The standard InChI is InChI=1S/C25H42/c1-6-17(3)22-10-11-23-21-9-8-18-16-24(4,7-2)14-12-19(18)20(21)13-15-25(22,23)5/h18-23H,3,6-16H2,1-2,4-5H3/t18?,19?,20?,21?,22?,23?,24-,25?/m0/s1. The molecule has 0 radical (unpaired) electrons. The molecule has 0 amide bonds. The van der Waals surface area contributed by atoms with Crippen LogP contribution in [0.15, 0.2) is 12.2 Å². The van der Waals surface area contributed by atoms with Crippen LogP contribution in [0.2, 0.25) is 0 Å². The fourth-order valence-corrected chi connectivity index (χ4v) is 8.43. The molecule has 4 saturated carbocycles. The third kappa shape index (κ3) is 2.76. The summed E-state index contributed by atoms with van der Waals surface area (Å²) in [5.41, 5.74) is 2.82. The maximum atomic E-state index is 4.49. The van der Waals surface area contributed by atoms with E-state index in [4.69, 9.17) is 0 Å². The van der Waals surface area contributed by atoms with E-state index >= 15 is 0 Å². The highest BCUT2D eigenvalue weighted by Crippen LogP contribution is 2.66. The van der Waals surface area contributed by atoms with Crippen LogP contribution in [0, 0.1) is 46.3 Å². The molecule has 0 heterocycles. The lowest BCUT2D eigenvalue weighted by molar-refractivity contribution is -0.0753. The van der Waals surface area contributed by atoms with Gasteiger partial charge in [-0.05, 0) is 111 Å². The van der Waals surface area contributed by atoms with Gasteiger partial charge in [-0.15, -0.1) is 0 Å². The smallest absolute Gasteiger partial charge is 0.0149 e. The van der Waals surface area contributed by atoms with Gasteiger partial charge in [0.15, 0.2) is 0 Å². The van der Waals surface area contributed by atoms with E-state index in [1.54, 1.807) is 24.8 Å². The van der Waals surface area contributed by atoms with Crippen LogP contribution >= 0.6 is 0 Å². The summed E-state index contributed by atoms with van der Waals surface area (Å²) in [4.78, 5) is 0. The predicted molar refractivity (Wildman–Crippen MR) is 108 cm³/mol. The Hall–Kier alpha value is -0.260. The molecule has 4 fully saturated rings. The minimum atomic E-state index is 0.591. The first-order chi connectivity index (χ1) is 11.9. The van der Waals surface area contributed by atoms with Crippen molar-refractivity contribution in [2.75, 3.05) is 0 Å². The van der Waals surface area contributed by atoms with Crippen molar-refractivity contribution in [3.05, 3.63) is 12.2 Å². The topological polar surface area (TPSA) is 0 Å². The molecule has 0 aromatic heterocycles. The highest BCUT2D eigenvalue weighted by atomic mass is 14.6. The predicted octanol–water partition coefficient (Wildman–Crippen LogP) is 7.64. The lowest BCUT2D eigenvalue weighted by Crippen LogP contribution is -2.49. The SMILES string of the molecule is C=C(CC)C1CCC2C3CCC4C[C@@](C)(CC)CCC4C3CCC12C. The molecule has 4 aliphatic rings. The highest BCUT2D eigenvalue weighted by molar-refractivity contribution is 5.15. The molecule has 0 heteroatoms. The van der Waals surface area contributed by atoms with Gasteiger partial charge in [-0.25, -0.2) is 0 Å². The average molecular weight is 343 g/mol. The van der Waals surface area contributed by atoms with E-state index in [2.05, 4.69) is 34.3 Å². The van der Waals surface area contributed by atoms with Crippen molar-refractivity contribution in [2.45, 2.75) is 98.3 Å². The van der Waals surface area contributed by atoms with Gasteiger partial charge in [0.25, 0.3) is 0 Å². The molecule has 4 aliphatic carbocycles. The number of rotatable bonds is 3. The summed E-state index contributed by atoms with van der Waals surface area (Å²) in [6.07, 6.45) is 16.3. The van der Waals surface area contributed by atoms with Crippen molar-refractivity contribution in [3.63, 3.8) is 0 Å². The van der Waals surface area contributed by atoms with Gasteiger partial charge in [0.2, 0.25) is 0 Å². The van der Waals surface area contributed by atoms with Crippen molar-refractivity contribution in [3.8, 4) is 0 Å². The summed E-state index contributed by atoms with van der Waals surface area (Å²) in [7, 11) is 0. The van der Waals surface area contributed by atoms with Gasteiger partial charge in [-0.3, -0.25) is 0 Å². The highest BCUT2D eigenvalue weighted by Gasteiger charge is 2.57. The van der Waals surface area contributed by atoms with Crippen LogP contribution in [0.5, 0.6) is 0 Å². The quantitative estimate of drug-likeness (QED) is 0.462. The van der Waals surface area contributed by atoms with Crippen LogP contribution in [0.4, 0.5) is 0 Å². The summed E-state index contributed by atoms with van der Waals surface area (Å²) in [5.74, 6) is 6.12. The Bertz CT molecular complexity index is 518. The van der Waals surface area contributed by atoms with Crippen LogP contribution in [0.1, 0.15) is 98.3 Å². The monoisotopic (exact) mass is 342 g/mol. The summed E-state index contributed by atoms with van der Waals surface area (Å²) in [6, 6.07) is 0. The zero-order valence-corrected chi connectivity index (χ0v) is 17.4. The molecule has 25 heavy (non-hydrogen) atoms. The minimum absolute atomic E-state index is 0.591. The van der Waals surface area contributed by atoms with Crippen LogP contribution < -0.4 is 0 Å². The second kappa shape index (κ2) is 6.42. The first-order valence-electron chi connectivity index (χ1n) is 11.6. The van der Waals surface area contributed by atoms with Crippen molar-refractivity contribution in [1.82, 2.24) is 0 Å². The van der Waals surface area contributed by atoms with E-state index in [1.165, 1.54) is 51.4 Å². The van der Waals surface area contributed by atoms with E-state index in [9.17, 15) is 0 Å². The molecule has 0 aromatic rings. The Morgan fingerprint density at radius 3 is 2.36 bits per heavy atom. The van der Waals surface area contributed by atoms with E-state index in [0.29, 0.717) is 10.8 Å². The number of fused-ring (bicyclic) bond motifs is 5. The minimum Gasteiger partial charge on any atom is -0.0996 e. The molecule has 0 bridgehead atoms. The van der Waals surface area contributed by atoms with Gasteiger partial charge >= 0.3 is 0 Å². The summed E-state index contributed by atoms with van der Waals surface area (Å²) in [5, 5.41) is 0. The van der Waals surface area contributed by atoms with Gasteiger partial charge in [0.05, 0.1) is 0 Å². The molecule has 0 saturated heterocycles. The lowest BCUT2D eigenvalue weighted by Gasteiger charge is -2.57. The fourth-order valence-electron chi connectivity index (χ4n) is 8.43. The Balaban J connectivity index is 1.52. The van der Waals surface area contributed by atoms with Crippen LogP contribution in [-0.4, -0.2) is 0 Å². The summed E-state index contributed by atoms with van der Waals surface area (Å²) in [6.45, 7) is 14.5. The Kier molecular flexibility index (Phi) is 4.65. The maximum absolute atomic E-state index is 4.49. The largest absolute Gasteiger partial charge is 0.0996 e. The molecule has 142 valence electrons. The van der Waals surface area contributed by atoms with E-state index in [0.717, 1.165) is 35.5 Å². The van der Waals surface area contributed by atoms with Crippen molar-refractivity contribution >= 4 is 0 Å². The average Bonchev–Trinajstić information content (AvgIpc) is 2.98. The van der Waals surface area contributed by atoms with E-state index in [1.807, 2.05) is 0 Å². The first kappa shape index (κ1) is 18.1. The number of allylic oxidation sites excluding steroid dienone is 1. The van der Waals surface area contributed by atoms with Crippen molar-refractivity contribution in [1.29, 1.82) is 0 Å². The summed E-state index contributed by atoms with van der Waals surface area (Å²) < 4.78 is 0. The van der Waals surface area contributed by atoms with Gasteiger partial charge in [-0.1, -0.05) is 46.3 Å². The van der Waals surface area contributed by atoms with Crippen LogP contribution in [-0.2, 0) is 0 Å². The molecule has 7 unspecified atom stereocenters. The van der Waals surface area contributed by atoms with Gasteiger partial charge in [-0.2, -0.15) is 0 Å². The third-order valence-corrected chi connectivity index (χ3v) is 10.2. The Morgan fingerprint density at radius 1 is 0.880 bits per heavy atom. The van der Waals surface area contributed by atoms with Crippen molar-refractivity contribution < 1.29 is 0 Å². The molecule has 4 rings (SSSR count). The van der Waals surface area contributed by atoms with Crippen LogP contribution in [0.25, 0.3) is 0 Å². The molecule has 0 spiro atoms. The molecule has 8 atom stereocenters. The van der Waals surface area contributed by atoms with E-state index < -0.39 is 0 Å². The zero-order valence-electron chi connectivity index (χ0n) is 17.4. The van der Waals surface area contributed by atoms with E-state index in [-0.39, 0.29) is 0 Å². The molecular formula is C25H42. The molecule has 0 N–H and O–H groups in total. The molecule has 0 aliphatic heterocycles.